The Kier molecular flexibility index (Phi) is 3.83. The fraction of sp³-hybridized carbons (Fsp3) is 0.346. The number of hydrogen-bond acceptors (Lipinski definition) is 4. The van der Waals surface area contributed by atoms with Gasteiger partial charge in [0.05, 0.1) is 23.1 Å². The Hall–Kier alpha value is -3.21. The van der Waals surface area contributed by atoms with Gasteiger partial charge in [-0.25, -0.2) is 9.69 Å². The lowest BCUT2D eigenvalue weighted by atomic mass is 9.63. The van der Waals surface area contributed by atoms with Gasteiger partial charge in [0.15, 0.2) is 0 Å². The van der Waals surface area contributed by atoms with Gasteiger partial charge in [-0.15, -0.1) is 0 Å². The number of allylic oxidation sites excluding steroid dienone is 2. The summed E-state index contributed by atoms with van der Waals surface area (Å²) in [6.07, 6.45) is 5.45. The highest BCUT2D eigenvalue weighted by atomic mass is 16.5. The summed E-state index contributed by atoms with van der Waals surface area (Å²) in [5.41, 5.74) is 2.78. The summed E-state index contributed by atoms with van der Waals surface area (Å²) in [5, 5.41) is 0. The molecule has 0 radical (unpaired) electrons. The van der Waals surface area contributed by atoms with E-state index in [4.69, 9.17) is 4.74 Å². The largest absolute Gasteiger partial charge is 0.423 e. The van der Waals surface area contributed by atoms with Crippen molar-refractivity contribution in [2.24, 2.45) is 35.5 Å². The van der Waals surface area contributed by atoms with Gasteiger partial charge in [-0.3, -0.25) is 9.59 Å². The van der Waals surface area contributed by atoms with E-state index < -0.39 is 5.97 Å². The minimum Gasteiger partial charge on any atom is -0.423 e. The van der Waals surface area contributed by atoms with E-state index in [0.29, 0.717) is 28.8 Å². The predicted molar refractivity (Wildman–Crippen MR) is 115 cm³/mol. The molecule has 156 valence electrons. The highest BCUT2D eigenvalue weighted by Gasteiger charge is 2.67. The van der Waals surface area contributed by atoms with Gasteiger partial charge in [0, 0.05) is 0 Å². The zero-order chi connectivity index (χ0) is 21.4. The van der Waals surface area contributed by atoms with Crippen LogP contribution < -0.4 is 9.64 Å². The maximum Gasteiger partial charge on any atom is 0.343 e. The molecule has 1 heterocycles. The van der Waals surface area contributed by atoms with E-state index in [0.717, 1.165) is 17.5 Å². The maximum atomic E-state index is 13.3. The maximum absolute atomic E-state index is 13.3. The number of esters is 1. The molecule has 5 nitrogen and oxygen atoms in total. The second-order valence-electron chi connectivity index (χ2n) is 9.43. The normalized spacial score (nSPS) is 32.1. The van der Waals surface area contributed by atoms with Crippen molar-refractivity contribution < 1.29 is 19.1 Å². The van der Waals surface area contributed by atoms with Crippen LogP contribution in [-0.2, 0) is 9.59 Å². The Morgan fingerprint density at radius 1 is 0.903 bits per heavy atom. The molecule has 6 atom stereocenters. The van der Waals surface area contributed by atoms with Gasteiger partial charge in [0.1, 0.15) is 5.75 Å². The van der Waals surface area contributed by atoms with E-state index in [9.17, 15) is 14.4 Å². The first kappa shape index (κ1) is 18.6. The molecular formula is C26H23NO4. The predicted octanol–water partition coefficient (Wildman–Crippen LogP) is 4.08. The summed E-state index contributed by atoms with van der Waals surface area (Å²) in [6.45, 7) is 3.89. The Morgan fingerprint density at radius 3 is 2.13 bits per heavy atom. The Balaban J connectivity index is 1.28. The Morgan fingerprint density at radius 2 is 1.52 bits per heavy atom. The third-order valence-electron chi connectivity index (χ3n) is 7.41. The average molecular weight is 413 g/mol. The van der Waals surface area contributed by atoms with Gasteiger partial charge in [-0.05, 0) is 85.4 Å². The molecule has 31 heavy (non-hydrogen) atoms. The van der Waals surface area contributed by atoms with Crippen LogP contribution in [0.1, 0.15) is 27.9 Å². The molecule has 2 amide bonds. The average Bonchev–Trinajstić information content (AvgIpc) is 3.51. The first-order valence-electron chi connectivity index (χ1n) is 10.9. The summed E-state index contributed by atoms with van der Waals surface area (Å²) >= 11 is 0. The topological polar surface area (TPSA) is 63.7 Å². The molecule has 1 saturated heterocycles. The van der Waals surface area contributed by atoms with Crippen molar-refractivity contribution >= 4 is 23.5 Å². The lowest BCUT2D eigenvalue weighted by molar-refractivity contribution is -0.124. The number of anilines is 1. The van der Waals surface area contributed by atoms with Crippen LogP contribution in [0, 0.1) is 49.4 Å². The van der Waals surface area contributed by atoms with Crippen LogP contribution in [0.2, 0.25) is 0 Å². The highest BCUT2D eigenvalue weighted by Crippen LogP contribution is 2.65. The lowest BCUT2D eigenvalue weighted by Crippen LogP contribution is -2.40. The fourth-order valence-electron chi connectivity index (χ4n) is 6.14. The zero-order valence-electron chi connectivity index (χ0n) is 17.4. The van der Waals surface area contributed by atoms with Crippen LogP contribution in [0.15, 0.2) is 54.6 Å². The minimum absolute atomic E-state index is 0.125. The smallest absolute Gasteiger partial charge is 0.343 e. The van der Waals surface area contributed by atoms with E-state index >= 15 is 0 Å². The van der Waals surface area contributed by atoms with Crippen LogP contribution in [0.5, 0.6) is 5.75 Å². The molecule has 4 aliphatic carbocycles. The zero-order valence-corrected chi connectivity index (χ0v) is 17.4. The molecule has 2 aromatic rings. The Labute approximate surface area is 180 Å². The van der Waals surface area contributed by atoms with Crippen molar-refractivity contribution in [2.75, 3.05) is 4.90 Å². The first-order chi connectivity index (χ1) is 14.9. The summed E-state index contributed by atoms with van der Waals surface area (Å²) in [5.74, 6) is 0.700. The van der Waals surface area contributed by atoms with Crippen molar-refractivity contribution in [2.45, 2.75) is 20.3 Å². The number of hydrogen-bond donors (Lipinski definition) is 0. The number of amides is 2. The monoisotopic (exact) mass is 413 g/mol. The quantitative estimate of drug-likeness (QED) is 0.329. The third-order valence-corrected chi connectivity index (χ3v) is 7.41. The van der Waals surface area contributed by atoms with Gasteiger partial charge in [-0.1, -0.05) is 24.3 Å². The number of carbonyl (C=O) groups excluding carboxylic acids is 3. The van der Waals surface area contributed by atoms with E-state index in [-0.39, 0.29) is 35.5 Å². The summed E-state index contributed by atoms with van der Waals surface area (Å²) in [6, 6.07) is 12.3. The third kappa shape index (κ3) is 2.72. The second kappa shape index (κ2) is 6.39. The second-order valence-corrected chi connectivity index (χ2v) is 9.43. The minimum atomic E-state index is -0.508. The summed E-state index contributed by atoms with van der Waals surface area (Å²) in [4.78, 5) is 40.7. The molecule has 6 unspecified atom stereocenters. The molecule has 0 N–H and O–H groups in total. The van der Waals surface area contributed by atoms with Crippen molar-refractivity contribution in [3.8, 4) is 5.75 Å². The Bertz CT molecular complexity index is 1130. The van der Waals surface area contributed by atoms with Crippen LogP contribution in [0.4, 0.5) is 5.69 Å². The first-order valence-corrected chi connectivity index (χ1v) is 10.9. The molecule has 1 aliphatic heterocycles. The van der Waals surface area contributed by atoms with E-state index in [2.05, 4.69) is 12.2 Å². The van der Waals surface area contributed by atoms with E-state index in [1.807, 2.05) is 19.9 Å². The molecule has 5 heteroatoms. The molecule has 2 saturated carbocycles. The molecule has 0 spiro atoms. The summed E-state index contributed by atoms with van der Waals surface area (Å²) in [7, 11) is 0. The standard InChI is InChI=1S/C26H23NO4/c1-13-8-14(2)10-17(9-13)31-26(30)15-4-3-5-16(11-15)27-24(28)22-18-6-7-19(21-12-20(18)21)23(22)25(27)29/h3-11,18-23H,12H2,1-2H3. The molecule has 2 bridgehead atoms. The van der Waals surface area contributed by atoms with Crippen LogP contribution in [0.25, 0.3) is 0 Å². The van der Waals surface area contributed by atoms with Gasteiger partial charge in [0.2, 0.25) is 11.8 Å². The highest BCUT2D eigenvalue weighted by molar-refractivity contribution is 6.23. The van der Waals surface area contributed by atoms with E-state index in [1.165, 1.54) is 4.90 Å². The number of carbonyl (C=O) groups is 3. The number of rotatable bonds is 3. The van der Waals surface area contributed by atoms with Gasteiger partial charge >= 0.3 is 5.97 Å². The van der Waals surface area contributed by atoms with Crippen LogP contribution in [-0.4, -0.2) is 17.8 Å². The van der Waals surface area contributed by atoms with Gasteiger partial charge < -0.3 is 4.74 Å². The molecule has 5 aliphatic rings. The van der Waals surface area contributed by atoms with Gasteiger partial charge in [-0.2, -0.15) is 0 Å². The summed E-state index contributed by atoms with van der Waals surface area (Å²) < 4.78 is 5.55. The fourth-order valence-corrected chi connectivity index (χ4v) is 6.14. The number of benzene rings is 2. The van der Waals surface area contributed by atoms with E-state index in [1.54, 1.807) is 36.4 Å². The molecule has 2 aromatic carbocycles. The molecular weight excluding hydrogens is 390 g/mol. The number of nitrogens with zero attached hydrogens (tertiary/aromatic N) is 1. The SMILES string of the molecule is Cc1cc(C)cc(OC(=O)c2cccc(N3C(=O)C4C5C=CC(C6CC56)C4C3=O)c2)c1. The number of imide groups is 1. The van der Waals surface area contributed by atoms with Crippen molar-refractivity contribution in [3.05, 3.63) is 71.3 Å². The van der Waals surface area contributed by atoms with Crippen molar-refractivity contribution in [1.29, 1.82) is 0 Å². The van der Waals surface area contributed by atoms with Crippen molar-refractivity contribution in [1.82, 2.24) is 0 Å². The van der Waals surface area contributed by atoms with Crippen molar-refractivity contribution in [3.63, 3.8) is 0 Å². The van der Waals surface area contributed by atoms with Gasteiger partial charge in [0.25, 0.3) is 0 Å². The van der Waals surface area contributed by atoms with Crippen LogP contribution >= 0.6 is 0 Å². The molecule has 0 aromatic heterocycles. The molecule has 3 fully saturated rings. The lowest BCUT2D eigenvalue weighted by Gasteiger charge is -2.37. The number of ether oxygens (including phenoxy) is 1. The molecule has 7 rings (SSSR count). The van der Waals surface area contributed by atoms with Crippen LogP contribution in [0.3, 0.4) is 0 Å². The number of aryl methyl sites for hydroxylation is 2.